The molecule has 2 atom stereocenters. The number of carbonyl (C=O) groups is 1. The molecule has 4 aliphatic heterocycles. The van der Waals surface area contributed by atoms with E-state index >= 15 is 0 Å². The zero-order chi connectivity index (χ0) is 26.8. The standard InChI is InChI=1S/C29H30ClN7O2/c30-26-16-33-29(35-27(26)19-1-3-20(4-2-19)28(38)32-12-11-31)34-21-5-7-22(8-6-21)36-13-9-23(10-14-36)37-17-24-15-25(18-37)39-24/h1-8,16,23-25H,9-10,12-15,17-18H2,(H,32,38)(H,33,34,35). The van der Waals surface area contributed by atoms with Crippen molar-refractivity contribution in [2.45, 2.75) is 37.5 Å². The van der Waals surface area contributed by atoms with Crippen LogP contribution < -0.4 is 15.5 Å². The molecule has 2 aromatic carbocycles. The Bertz CT molecular complexity index is 1350. The molecule has 4 fully saturated rings. The Morgan fingerprint density at radius 3 is 2.44 bits per heavy atom. The Morgan fingerprint density at radius 2 is 1.77 bits per heavy atom. The number of benzene rings is 2. The highest BCUT2D eigenvalue weighted by Crippen LogP contribution is 2.32. The Kier molecular flexibility index (Phi) is 7.33. The number of amides is 1. The first-order chi connectivity index (χ1) is 19.1. The van der Waals surface area contributed by atoms with E-state index in [1.165, 1.54) is 24.9 Å². The van der Waals surface area contributed by atoms with E-state index in [-0.39, 0.29) is 12.5 Å². The number of nitriles is 1. The summed E-state index contributed by atoms with van der Waals surface area (Å²) in [5.74, 6) is 0.128. The lowest BCUT2D eigenvalue weighted by atomic mass is 9.94. The summed E-state index contributed by atoms with van der Waals surface area (Å²) in [5.41, 5.74) is 3.89. The lowest BCUT2D eigenvalue weighted by Crippen LogP contribution is -2.61. The van der Waals surface area contributed by atoms with Gasteiger partial charge in [0.25, 0.3) is 5.91 Å². The SMILES string of the molecule is N#CCNC(=O)c1ccc(-c2nc(Nc3ccc(N4CCC(N5CC6CC(C5)O6)CC4)cc3)ncc2Cl)cc1. The lowest BCUT2D eigenvalue weighted by molar-refractivity contribution is -0.189. The molecule has 0 aliphatic carbocycles. The molecule has 4 saturated heterocycles. The fourth-order valence-electron chi connectivity index (χ4n) is 5.69. The van der Waals surface area contributed by atoms with Crippen LogP contribution >= 0.6 is 11.6 Å². The number of fused-ring (bicyclic) bond motifs is 2. The van der Waals surface area contributed by atoms with Gasteiger partial charge in [-0.05, 0) is 49.2 Å². The molecular formula is C29H30ClN7O2. The maximum Gasteiger partial charge on any atom is 0.252 e. The van der Waals surface area contributed by atoms with Crippen molar-refractivity contribution in [1.82, 2.24) is 20.2 Å². The van der Waals surface area contributed by atoms with Crippen LogP contribution in [0, 0.1) is 11.3 Å². The van der Waals surface area contributed by atoms with Crippen LogP contribution in [-0.4, -0.2) is 71.7 Å². The Balaban J connectivity index is 1.06. The first-order valence-corrected chi connectivity index (χ1v) is 13.7. The van der Waals surface area contributed by atoms with Gasteiger partial charge in [0.05, 0.1) is 35.2 Å². The second-order valence-corrected chi connectivity index (χ2v) is 10.7. The molecule has 5 heterocycles. The Labute approximate surface area is 232 Å². The highest BCUT2D eigenvalue weighted by molar-refractivity contribution is 6.32. The smallest absolute Gasteiger partial charge is 0.252 e. The summed E-state index contributed by atoms with van der Waals surface area (Å²) in [6.07, 6.45) is 6.12. The molecule has 200 valence electrons. The van der Waals surface area contributed by atoms with Crippen LogP contribution in [0.15, 0.2) is 54.7 Å². The van der Waals surface area contributed by atoms with Gasteiger partial charge in [0, 0.05) is 61.1 Å². The van der Waals surface area contributed by atoms with Gasteiger partial charge in [0.15, 0.2) is 0 Å². The fourth-order valence-corrected chi connectivity index (χ4v) is 5.89. The fraction of sp³-hybridized carbons (Fsp3) is 0.379. The first kappa shape index (κ1) is 25.6. The molecule has 2 bridgehead atoms. The molecule has 9 nitrogen and oxygen atoms in total. The highest BCUT2D eigenvalue weighted by atomic mass is 35.5. The minimum Gasteiger partial charge on any atom is -0.372 e. The van der Waals surface area contributed by atoms with Crippen LogP contribution in [0.5, 0.6) is 0 Å². The van der Waals surface area contributed by atoms with Gasteiger partial charge >= 0.3 is 0 Å². The van der Waals surface area contributed by atoms with Crippen molar-refractivity contribution in [2.75, 3.05) is 42.9 Å². The first-order valence-electron chi connectivity index (χ1n) is 13.4. The number of piperidine rings is 2. The number of aromatic nitrogens is 2. The van der Waals surface area contributed by atoms with Gasteiger partial charge in [0.1, 0.15) is 6.54 Å². The number of nitrogens with zero attached hydrogens (tertiary/aromatic N) is 5. The van der Waals surface area contributed by atoms with Crippen molar-refractivity contribution < 1.29 is 9.53 Å². The molecule has 0 spiro atoms. The molecule has 0 saturated carbocycles. The monoisotopic (exact) mass is 543 g/mol. The third-order valence-electron chi connectivity index (χ3n) is 7.75. The van der Waals surface area contributed by atoms with E-state index in [9.17, 15) is 4.79 Å². The molecule has 1 aromatic heterocycles. The van der Waals surface area contributed by atoms with Gasteiger partial charge in [-0.2, -0.15) is 5.26 Å². The summed E-state index contributed by atoms with van der Waals surface area (Å²) < 4.78 is 5.80. The van der Waals surface area contributed by atoms with Gasteiger partial charge in [-0.15, -0.1) is 0 Å². The molecule has 4 aliphatic rings. The molecule has 10 heteroatoms. The zero-order valence-corrected chi connectivity index (χ0v) is 22.3. The van der Waals surface area contributed by atoms with E-state index in [1.807, 2.05) is 18.2 Å². The number of morpholine rings is 1. The Hall–Kier alpha value is -3.71. The average Bonchev–Trinajstić information content (AvgIpc) is 2.97. The number of hydrogen-bond acceptors (Lipinski definition) is 8. The van der Waals surface area contributed by atoms with Crippen molar-refractivity contribution in [1.29, 1.82) is 5.26 Å². The molecule has 39 heavy (non-hydrogen) atoms. The van der Waals surface area contributed by atoms with Gasteiger partial charge < -0.3 is 20.3 Å². The maximum absolute atomic E-state index is 12.1. The van der Waals surface area contributed by atoms with Crippen LogP contribution in [0.25, 0.3) is 11.3 Å². The second kappa shape index (κ2) is 11.2. The predicted molar refractivity (Wildman–Crippen MR) is 150 cm³/mol. The van der Waals surface area contributed by atoms with E-state index in [0.29, 0.717) is 40.5 Å². The lowest BCUT2D eigenvalue weighted by Gasteiger charge is -2.51. The number of carbonyl (C=O) groups excluding carboxylic acids is 1. The summed E-state index contributed by atoms with van der Waals surface area (Å²) in [6, 6.07) is 17.8. The third-order valence-corrected chi connectivity index (χ3v) is 8.03. The summed E-state index contributed by atoms with van der Waals surface area (Å²) in [4.78, 5) is 26.1. The molecule has 0 radical (unpaired) electrons. The summed E-state index contributed by atoms with van der Waals surface area (Å²) in [7, 11) is 0. The second-order valence-electron chi connectivity index (χ2n) is 10.3. The molecule has 3 aromatic rings. The number of anilines is 3. The van der Waals surface area contributed by atoms with Crippen molar-refractivity contribution in [3.05, 3.63) is 65.3 Å². The van der Waals surface area contributed by atoms with Crippen molar-refractivity contribution >= 4 is 34.8 Å². The third kappa shape index (κ3) is 5.69. The van der Waals surface area contributed by atoms with E-state index < -0.39 is 0 Å². The number of nitrogens with one attached hydrogen (secondary N) is 2. The zero-order valence-electron chi connectivity index (χ0n) is 21.5. The highest BCUT2D eigenvalue weighted by Gasteiger charge is 2.41. The molecular weight excluding hydrogens is 514 g/mol. The van der Waals surface area contributed by atoms with Gasteiger partial charge in [-0.1, -0.05) is 23.7 Å². The van der Waals surface area contributed by atoms with E-state index in [2.05, 4.69) is 42.5 Å². The normalized spacial score (nSPS) is 21.1. The summed E-state index contributed by atoms with van der Waals surface area (Å²) in [6.45, 7) is 4.28. The van der Waals surface area contributed by atoms with Crippen LogP contribution in [-0.2, 0) is 4.74 Å². The number of halogens is 1. The minimum atomic E-state index is -0.305. The van der Waals surface area contributed by atoms with E-state index in [1.54, 1.807) is 30.5 Å². The van der Waals surface area contributed by atoms with Crippen LogP contribution in [0.4, 0.5) is 17.3 Å². The molecule has 7 rings (SSSR count). The van der Waals surface area contributed by atoms with Gasteiger partial charge in [0.2, 0.25) is 5.95 Å². The topological polar surface area (TPSA) is 106 Å². The van der Waals surface area contributed by atoms with E-state index in [0.717, 1.165) is 37.4 Å². The Morgan fingerprint density at radius 1 is 1.08 bits per heavy atom. The molecule has 1 amide bonds. The summed E-state index contributed by atoms with van der Waals surface area (Å²) in [5, 5.41) is 14.9. The van der Waals surface area contributed by atoms with Crippen molar-refractivity contribution in [3.63, 3.8) is 0 Å². The minimum absolute atomic E-state index is 0.0392. The van der Waals surface area contributed by atoms with Crippen LogP contribution in [0.3, 0.4) is 0 Å². The van der Waals surface area contributed by atoms with Crippen LogP contribution in [0.1, 0.15) is 29.6 Å². The van der Waals surface area contributed by atoms with Crippen molar-refractivity contribution in [2.24, 2.45) is 0 Å². The van der Waals surface area contributed by atoms with E-state index in [4.69, 9.17) is 21.6 Å². The van der Waals surface area contributed by atoms with Crippen molar-refractivity contribution in [3.8, 4) is 17.3 Å². The molecule has 2 unspecified atom stereocenters. The summed E-state index contributed by atoms with van der Waals surface area (Å²) >= 11 is 6.40. The number of hydrogen-bond donors (Lipinski definition) is 2. The van der Waals surface area contributed by atoms with Crippen LogP contribution in [0.2, 0.25) is 5.02 Å². The maximum atomic E-state index is 12.1. The predicted octanol–water partition coefficient (Wildman–Crippen LogP) is 4.24. The average molecular weight is 544 g/mol. The quantitative estimate of drug-likeness (QED) is 0.426. The van der Waals surface area contributed by atoms with Gasteiger partial charge in [-0.3, -0.25) is 9.69 Å². The molecule has 2 N–H and O–H groups in total. The largest absolute Gasteiger partial charge is 0.372 e. The number of ether oxygens (including phenoxy) is 1. The van der Waals surface area contributed by atoms with Gasteiger partial charge in [-0.25, -0.2) is 9.97 Å². The number of rotatable bonds is 7.